The maximum atomic E-state index is 11.4. The van der Waals surface area contributed by atoms with Crippen LogP contribution in [0, 0.1) is 17.2 Å². The van der Waals surface area contributed by atoms with Gasteiger partial charge < -0.3 is 5.32 Å². The van der Waals surface area contributed by atoms with Crippen LogP contribution >= 0.6 is 11.8 Å². The van der Waals surface area contributed by atoms with E-state index in [2.05, 4.69) is 11.6 Å². The van der Waals surface area contributed by atoms with E-state index >= 15 is 0 Å². The second-order valence-electron chi connectivity index (χ2n) is 3.43. The third kappa shape index (κ3) is 7.26. The number of rotatable bonds is 8. The first-order chi connectivity index (χ1) is 7.26. The molecule has 0 spiro atoms. The predicted octanol–water partition coefficient (Wildman–Crippen LogP) is 2.19. The van der Waals surface area contributed by atoms with Crippen molar-refractivity contribution in [3.63, 3.8) is 0 Å². The zero-order valence-electron chi connectivity index (χ0n) is 9.58. The molecule has 0 aromatic heterocycles. The minimum atomic E-state index is -0.476. The zero-order chi connectivity index (χ0) is 11.5. The largest absolute Gasteiger partial charge is 0.355 e. The van der Waals surface area contributed by atoms with Gasteiger partial charge in [0.1, 0.15) is 5.92 Å². The zero-order valence-corrected chi connectivity index (χ0v) is 10.4. The summed E-state index contributed by atoms with van der Waals surface area (Å²) in [5, 5.41) is 11.4. The molecule has 0 aliphatic heterocycles. The van der Waals surface area contributed by atoms with E-state index in [1.54, 1.807) is 0 Å². The molecule has 0 fully saturated rings. The average molecular weight is 228 g/mol. The maximum absolute atomic E-state index is 11.4. The van der Waals surface area contributed by atoms with Crippen molar-refractivity contribution in [2.75, 3.05) is 18.6 Å². The molecule has 4 heteroatoms. The maximum Gasteiger partial charge on any atom is 0.237 e. The molecule has 0 aromatic carbocycles. The van der Waals surface area contributed by atoms with Gasteiger partial charge in [0.15, 0.2) is 0 Å². The third-order valence-corrected chi connectivity index (χ3v) is 2.90. The molecule has 0 rings (SSSR count). The minimum absolute atomic E-state index is 0.120. The van der Waals surface area contributed by atoms with Gasteiger partial charge in [-0.1, -0.05) is 13.3 Å². The number of thioether (sulfide) groups is 1. The fraction of sp³-hybridized carbons (Fsp3) is 0.818. The molecule has 0 aliphatic carbocycles. The van der Waals surface area contributed by atoms with Crippen molar-refractivity contribution in [2.45, 2.75) is 32.6 Å². The molecule has 1 atom stereocenters. The Morgan fingerprint density at radius 1 is 1.47 bits per heavy atom. The van der Waals surface area contributed by atoms with E-state index in [1.165, 1.54) is 12.2 Å². The summed E-state index contributed by atoms with van der Waals surface area (Å²) in [6.45, 7) is 2.55. The van der Waals surface area contributed by atoms with Crippen LogP contribution in [0.1, 0.15) is 32.6 Å². The number of nitriles is 1. The van der Waals surface area contributed by atoms with Crippen LogP contribution in [0.3, 0.4) is 0 Å². The Balaban J connectivity index is 3.43. The Morgan fingerprint density at radius 2 is 2.20 bits per heavy atom. The number of nitrogens with zero attached hydrogens (tertiary/aromatic N) is 1. The first-order valence-corrected chi connectivity index (χ1v) is 6.81. The number of carbonyl (C=O) groups is 1. The molecule has 15 heavy (non-hydrogen) atoms. The molecule has 1 unspecified atom stereocenters. The Labute approximate surface area is 96.6 Å². The summed E-state index contributed by atoms with van der Waals surface area (Å²) in [6, 6.07) is 2.00. The van der Waals surface area contributed by atoms with E-state index in [9.17, 15) is 4.79 Å². The van der Waals surface area contributed by atoms with Crippen molar-refractivity contribution >= 4 is 17.7 Å². The van der Waals surface area contributed by atoms with Gasteiger partial charge in [0.05, 0.1) is 6.07 Å². The molecule has 0 radical (unpaired) electrons. The van der Waals surface area contributed by atoms with Crippen LogP contribution in [0.15, 0.2) is 0 Å². The molecule has 0 aliphatic rings. The van der Waals surface area contributed by atoms with E-state index in [-0.39, 0.29) is 5.91 Å². The van der Waals surface area contributed by atoms with Gasteiger partial charge in [-0.05, 0) is 31.3 Å². The molecule has 86 valence electrons. The lowest BCUT2D eigenvalue weighted by molar-refractivity contribution is -0.123. The summed E-state index contributed by atoms with van der Waals surface area (Å²) in [6.07, 6.45) is 6.04. The van der Waals surface area contributed by atoms with Gasteiger partial charge in [0.2, 0.25) is 5.91 Å². The summed E-state index contributed by atoms with van der Waals surface area (Å²) < 4.78 is 0. The highest BCUT2D eigenvalue weighted by Crippen LogP contribution is 2.02. The molecular formula is C11H20N2OS. The third-order valence-electron chi connectivity index (χ3n) is 2.21. The van der Waals surface area contributed by atoms with Crippen LogP contribution in [0.5, 0.6) is 0 Å². The van der Waals surface area contributed by atoms with Gasteiger partial charge in [0.25, 0.3) is 0 Å². The van der Waals surface area contributed by atoms with Crippen LogP contribution in [-0.4, -0.2) is 24.5 Å². The molecule has 0 aromatic rings. The number of carbonyl (C=O) groups excluding carboxylic acids is 1. The Morgan fingerprint density at radius 3 is 2.73 bits per heavy atom. The van der Waals surface area contributed by atoms with Crippen molar-refractivity contribution < 1.29 is 4.79 Å². The normalized spacial score (nSPS) is 11.8. The monoisotopic (exact) mass is 228 g/mol. The van der Waals surface area contributed by atoms with E-state index in [1.807, 2.05) is 24.8 Å². The lowest BCUT2D eigenvalue weighted by Gasteiger charge is -2.07. The lowest BCUT2D eigenvalue weighted by atomic mass is 10.1. The van der Waals surface area contributed by atoms with Crippen LogP contribution in [0.2, 0.25) is 0 Å². The van der Waals surface area contributed by atoms with Crippen LogP contribution in [0.25, 0.3) is 0 Å². The fourth-order valence-electron chi connectivity index (χ4n) is 1.22. The topological polar surface area (TPSA) is 52.9 Å². The molecule has 1 N–H and O–H groups in total. The molecule has 0 heterocycles. The highest BCUT2D eigenvalue weighted by atomic mass is 32.2. The van der Waals surface area contributed by atoms with E-state index < -0.39 is 5.92 Å². The molecule has 0 bridgehead atoms. The molecule has 3 nitrogen and oxygen atoms in total. The van der Waals surface area contributed by atoms with Gasteiger partial charge in [-0.3, -0.25) is 4.79 Å². The summed E-state index contributed by atoms with van der Waals surface area (Å²) in [7, 11) is 0. The van der Waals surface area contributed by atoms with E-state index in [4.69, 9.17) is 5.26 Å². The van der Waals surface area contributed by atoms with E-state index in [0.29, 0.717) is 13.0 Å². The van der Waals surface area contributed by atoms with Crippen molar-refractivity contribution in [2.24, 2.45) is 5.92 Å². The van der Waals surface area contributed by atoms with Gasteiger partial charge in [-0.15, -0.1) is 0 Å². The highest BCUT2D eigenvalue weighted by molar-refractivity contribution is 7.98. The summed E-state index contributed by atoms with van der Waals surface area (Å²) >= 11 is 1.85. The molecular weight excluding hydrogens is 208 g/mol. The van der Waals surface area contributed by atoms with Gasteiger partial charge in [0, 0.05) is 6.54 Å². The number of hydrogen-bond acceptors (Lipinski definition) is 3. The lowest BCUT2D eigenvalue weighted by Crippen LogP contribution is -2.30. The number of nitrogens with one attached hydrogen (secondary N) is 1. The SMILES string of the molecule is CCC(C#N)C(=O)NCCCCCSC. The first kappa shape index (κ1) is 14.3. The number of hydrogen-bond donors (Lipinski definition) is 1. The summed E-state index contributed by atoms with van der Waals surface area (Å²) in [4.78, 5) is 11.4. The van der Waals surface area contributed by atoms with Crippen molar-refractivity contribution in [1.29, 1.82) is 5.26 Å². The predicted molar refractivity (Wildman–Crippen MR) is 64.6 cm³/mol. The minimum Gasteiger partial charge on any atom is -0.355 e. The molecule has 1 amide bonds. The fourth-order valence-corrected chi connectivity index (χ4v) is 1.71. The highest BCUT2D eigenvalue weighted by Gasteiger charge is 2.13. The smallest absolute Gasteiger partial charge is 0.237 e. The van der Waals surface area contributed by atoms with Crippen LogP contribution in [-0.2, 0) is 4.79 Å². The molecule has 0 saturated heterocycles. The second-order valence-corrected chi connectivity index (χ2v) is 4.42. The van der Waals surface area contributed by atoms with Crippen molar-refractivity contribution in [1.82, 2.24) is 5.32 Å². The van der Waals surface area contributed by atoms with Gasteiger partial charge in [-0.25, -0.2) is 0 Å². The Hall–Kier alpha value is -0.690. The average Bonchev–Trinajstić information content (AvgIpc) is 2.25. The van der Waals surface area contributed by atoms with Crippen molar-refractivity contribution in [3.05, 3.63) is 0 Å². The Bertz CT molecular complexity index is 213. The summed E-state index contributed by atoms with van der Waals surface area (Å²) in [5.41, 5.74) is 0. The number of amides is 1. The van der Waals surface area contributed by atoms with Crippen LogP contribution in [0.4, 0.5) is 0 Å². The van der Waals surface area contributed by atoms with Gasteiger partial charge >= 0.3 is 0 Å². The second kappa shape index (κ2) is 9.85. The number of unbranched alkanes of at least 4 members (excludes halogenated alkanes) is 2. The molecule has 0 saturated carbocycles. The first-order valence-electron chi connectivity index (χ1n) is 5.42. The quantitative estimate of drug-likeness (QED) is 0.648. The van der Waals surface area contributed by atoms with Crippen LogP contribution < -0.4 is 5.32 Å². The van der Waals surface area contributed by atoms with Crippen molar-refractivity contribution in [3.8, 4) is 6.07 Å². The van der Waals surface area contributed by atoms with Gasteiger partial charge in [-0.2, -0.15) is 17.0 Å². The van der Waals surface area contributed by atoms with E-state index in [0.717, 1.165) is 12.8 Å². The standard InChI is InChI=1S/C11H20N2OS/c1-3-10(9-12)11(14)13-7-5-4-6-8-15-2/h10H,3-8H2,1-2H3,(H,13,14). The summed E-state index contributed by atoms with van der Waals surface area (Å²) in [5.74, 6) is 0.588. The Kier molecular flexibility index (Phi) is 9.40.